The third-order valence-corrected chi connectivity index (χ3v) is 10.9. The van der Waals surface area contributed by atoms with Crippen molar-refractivity contribution in [3.63, 3.8) is 0 Å². The number of phenolic OH excluding ortho intramolecular Hbond substituents is 1. The normalized spacial score (nSPS) is 19.9. The molecule has 1 saturated heterocycles. The number of nitrogens with one attached hydrogen (secondary N) is 3. The van der Waals surface area contributed by atoms with Crippen LogP contribution < -0.4 is 26.8 Å². The van der Waals surface area contributed by atoms with E-state index >= 15 is 0 Å². The highest BCUT2D eigenvalue weighted by molar-refractivity contribution is 8.01. The van der Waals surface area contributed by atoms with Gasteiger partial charge in [0.15, 0.2) is 0 Å². The molecule has 258 valence electrons. The Morgan fingerprint density at radius 3 is 2.55 bits per heavy atom. The van der Waals surface area contributed by atoms with Gasteiger partial charge in [-0.2, -0.15) is 0 Å². The van der Waals surface area contributed by atoms with Gasteiger partial charge in [0.1, 0.15) is 34.6 Å². The van der Waals surface area contributed by atoms with Crippen LogP contribution >= 0.6 is 23.5 Å². The van der Waals surface area contributed by atoms with Crippen LogP contribution in [-0.2, 0) is 21.4 Å². The van der Waals surface area contributed by atoms with Crippen molar-refractivity contribution in [1.82, 2.24) is 40.4 Å². The molecule has 1 aromatic carbocycles. The summed E-state index contributed by atoms with van der Waals surface area (Å²) in [5.74, 6) is -2.29. The first kappa shape index (κ1) is 33.8. The Balaban J connectivity index is 1.25. The number of carboxylic acids is 1. The topological polar surface area (TPSA) is 255 Å². The summed E-state index contributed by atoms with van der Waals surface area (Å²) in [7, 11) is 1.65. The SMILES string of the molecule is Cn1nnnc1SCC1=C(C(=O)O)N2C(=O)C(NC(=O)C(c3ccc(O)cc3)N(C(N)=O)c3cnc(NC4CCCCC4)[nH]c3=O)[C@@H]2SC1. The number of H-pyrrole nitrogens is 1. The monoisotopic (exact) mass is 711 g/mol. The number of β-lactam (4-membered cyclic amide) rings is 1. The predicted molar refractivity (Wildman–Crippen MR) is 177 cm³/mol. The second-order valence-electron chi connectivity index (χ2n) is 11.7. The van der Waals surface area contributed by atoms with Gasteiger partial charge in [-0.25, -0.2) is 19.3 Å². The van der Waals surface area contributed by atoms with Crippen molar-refractivity contribution in [2.75, 3.05) is 21.7 Å². The van der Waals surface area contributed by atoms with Gasteiger partial charge < -0.3 is 26.6 Å². The molecule has 20 heteroatoms. The van der Waals surface area contributed by atoms with Crippen LogP contribution in [0.5, 0.6) is 5.75 Å². The number of carboxylic acid groups (broad SMARTS) is 1. The van der Waals surface area contributed by atoms with E-state index in [1.807, 2.05) is 0 Å². The van der Waals surface area contributed by atoms with Gasteiger partial charge in [-0.05, 0) is 46.5 Å². The molecule has 4 heterocycles. The van der Waals surface area contributed by atoms with E-state index in [0.717, 1.165) is 48.1 Å². The number of aromatic hydroxyl groups is 1. The third kappa shape index (κ3) is 6.91. The Labute approximate surface area is 286 Å². The van der Waals surface area contributed by atoms with E-state index < -0.39 is 46.8 Å². The maximum atomic E-state index is 14.1. The number of primary amides is 1. The fraction of sp³-hybridized carbons (Fsp3) is 0.414. The number of carbonyl (C=O) groups is 4. The Hall–Kier alpha value is -5.11. The zero-order chi connectivity index (χ0) is 34.8. The van der Waals surface area contributed by atoms with Crippen molar-refractivity contribution in [2.45, 2.75) is 60.8 Å². The van der Waals surface area contributed by atoms with Crippen molar-refractivity contribution in [3.05, 3.63) is 57.6 Å². The summed E-state index contributed by atoms with van der Waals surface area (Å²) >= 11 is 2.48. The molecule has 7 N–H and O–H groups in total. The van der Waals surface area contributed by atoms with Crippen LogP contribution in [0, 0.1) is 0 Å². The number of benzene rings is 1. The zero-order valence-corrected chi connectivity index (χ0v) is 27.7. The molecular weight excluding hydrogens is 679 g/mol. The molecule has 6 rings (SSSR count). The number of aryl methyl sites for hydroxylation is 1. The van der Waals surface area contributed by atoms with Gasteiger partial charge in [-0.15, -0.1) is 16.9 Å². The third-order valence-electron chi connectivity index (χ3n) is 8.44. The molecule has 3 atom stereocenters. The van der Waals surface area contributed by atoms with Crippen LogP contribution in [0.15, 0.2) is 51.7 Å². The average molecular weight is 712 g/mol. The van der Waals surface area contributed by atoms with E-state index in [-0.39, 0.29) is 46.2 Å². The Kier molecular flexibility index (Phi) is 9.77. The van der Waals surface area contributed by atoms with Crippen molar-refractivity contribution in [3.8, 4) is 5.75 Å². The molecule has 0 bridgehead atoms. The van der Waals surface area contributed by atoms with Crippen LogP contribution in [0.1, 0.15) is 43.7 Å². The standard InChI is InChI=1S/C29H33N11O7S2/c1-38-29(35-36-37-38)49-13-15-12-48-25-19(24(44)40(25)21(15)26(45)46)33-23(43)20(14-7-9-17(41)10-8-14)39(27(30)47)18-11-31-28(34-22(18)42)32-16-5-3-2-4-6-16/h7-11,16,19-20,25,41H,2-6,12-13H2,1H3,(H2,30,47)(H,33,43)(H,45,46)(H2,31,32,34,42)/t19?,20?,25-/m0/s1. The number of thioether (sulfide) groups is 2. The van der Waals surface area contributed by atoms with Gasteiger partial charge in [-0.3, -0.25) is 29.2 Å². The lowest BCUT2D eigenvalue weighted by molar-refractivity contribution is -0.150. The number of anilines is 2. The number of amides is 4. The number of rotatable bonds is 11. The molecule has 49 heavy (non-hydrogen) atoms. The summed E-state index contributed by atoms with van der Waals surface area (Å²) in [5.41, 5.74) is 5.18. The second-order valence-corrected chi connectivity index (χ2v) is 13.7. The second kappa shape index (κ2) is 14.2. The first-order valence-electron chi connectivity index (χ1n) is 15.3. The minimum absolute atomic E-state index is 0.119. The average Bonchev–Trinajstić information content (AvgIpc) is 3.50. The Bertz CT molecular complexity index is 1860. The number of aliphatic carboxylic acids is 1. The molecule has 1 saturated carbocycles. The lowest BCUT2D eigenvalue weighted by Crippen LogP contribution is -2.71. The number of hydrogen-bond donors (Lipinski definition) is 6. The van der Waals surface area contributed by atoms with Gasteiger partial charge in [0.25, 0.3) is 11.5 Å². The maximum absolute atomic E-state index is 14.1. The number of hydrogen-bond acceptors (Lipinski definition) is 13. The lowest BCUT2D eigenvalue weighted by atomic mass is 9.96. The lowest BCUT2D eigenvalue weighted by Gasteiger charge is -2.49. The number of nitrogens with two attached hydrogens (primary N) is 1. The molecule has 3 aromatic rings. The molecule has 2 fully saturated rings. The number of tetrazole rings is 1. The first-order valence-corrected chi connectivity index (χ1v) is 17.4. The van der Waals surface area contributed by atoms with E-state index in [9.17, 15) is 34.2 Å². The fourth-order valence-corrected chi connectivity index (χ4v) is 8.39. The first-order chi connectivity index (χ1) is 23.5. The summed E-state index contributed by atoms with van der Waals surface area (Å²) in [6.45, 7) is 0. The van der Waals surface area contributed by atoms with Gasteiger partial charge in [0.2, 0.25) is 17.0 Å². The molecule has 4 amide bonds. The summed E-state index contributed by atoms with van der Waals surface area (Å²) in [6, 6.07) is 1.59. The molecule has 3 aliphatic rings. The van der Waals surface area contributed by atoms with Crippen molar-refractivity contribution >= 4 is 59.0 Å². The summed E-state index contributed by atoms with van der Waals surface area (Å²) in [6.07, 6.45) is 6.22. The maximum Gasteiger partial charge on any atom is 0.352 e. The molecule has 0 spiro atoms. The van der Waals surface area contributed by atoms with Crippen LogP contribution in [0.3, 0.4) is 0 Å². The van der Waals surface area contributed by atoms with E-state index in [1.54, 1.807) is 7.05 Å². The molecule has 2 aromatic heterocycles. The molecule has 2 unspecified atom stereocenters. The molecule has 2 aliphatic heterocycles. The number of urea groups is 1. The van der Waals surface area contributed by atoms with Crippen molar-refractivity contribution in [1.29, 1.82) is 0 Å². The number of aromatic amines is 1. The number of carbonyl (C=O) groups excluding carboxylic acids is 3. The van der Waals surface area contributed by atoms with E-state index in [0.29, 0.717) is 10.7 Å². The number of fused-ring (bicyclic) bond motifs is 1. The molecule has 1 aliphatic carbocycles. The smallest absolute Gasteiger partial charge is 0.352 e. The molecule has 18 nitrogen and oxygen atoms in total. The highest BCUT2D eigenvalue weighted by Crippen LogP contribution is 2.42. The minimum atomic E-state index is -1.57. The number of nitrogens with zero attached hydrogens (tertiary/aromatic N) is 7. The predicted octanol–water partition coefficient (Wildman–Crippen LogP) is 0.901. The van der Waals surface area contributed by atoms with Gasteiger partial charge in [0, 0.05) is 24.6 Å². The minimum Gasteiger partial charge on any atom is -0.508 e. The highest BCUT2D eigenvalue weighted by atomic mass is 32.2. The summed E-state index contributed by atoms with van der Waals surface area (Å²) in [4.78, 5) is 75.0. The van der Waals surface area contributed by atoms with Gasteiger partial charge in [-0.1, -0.05) is 43.2 Å². The van der Waals surface area contributed by atoms with Gasteiger partial charge >= 0.3 is 12.0 Å². The van der Waals surface area contributed by atoms with Crippen LogP contribution in [0.4, 0.5) is 16.4 Å². The summed E-state index contributed by atoms with van der Waals surface area (Å²) < 4.78 is 1.44. The van der Waals surface area contributed by atoms with E-state index in [2.05, 4.69) is 36.1 Å². The fourth-order valence-electron chi connectivity index (χ4n) is 6.05. The quantitative estimate of drug-likeness (QED) is 0.119. The molecular formula is C29H33N11O7S2. The van der Waals surface area contributed by atoms with Crippen LogP contribution in [-0.4, -0.2) is 98.1 Å². The van der Waals surface area contributed by atoms with E-state index in [4.69, 9.17) is 5.73 Å². The summed E-state index contributed by atoms with van der Waals surface area (Å²) in [5, 5.41) is 36.7. The number of phenols is 1. The van der Waals surface area contributed by atoms with Gasteiger partial charge in [0.05, 0.1) is 6.20 Å². The van der Waals surface area contributed by atoms with Crippen LogP contribution in [0.25, 0.3) is 0 Å². The van der Waals surface area contributed by atoms with Crippen molar-refractivity contribution in [2.24, 2.45) is 12.8 Å². The van der Waals surface area contributed by atoms with Crippen molar-refractivity contribution < 1.29 is 29.4 Å². The Morgan fingerprint density at radius 2 is 1.92 bits per heavy atom. The zero-order valence-electron chi connectivity index (χ0n) is 26.1. The highest BCUT2D eigenvalue weighted by Gasteiger charge is 2.55. The molecule has 0 radical (unpaired) electrons. The van der Waals surface area contributed by atoms with E-state index in [1.165, 1.54) is 52.5 Å². The van der Waals surface area contributed by atoms with Crippen LogP contribution in [0.2, 0.25) is 0 Å². The Morgan fingerprint density at radius 1 is 1.18 bits per heavy atom. The largest absolute Gasteiger partial charge is 0.508 e. The number of aromatic nitrogens is 6.